The van der Waals surface area contributed by atoms with Crippen molar-refractivity contribution in [3.8, 4) is 11.5 Å². The number of aldehydes is 1. The van der Waals surface area contributed by atoms with Gasteiger partial charge in [0.05, 0.1) is 7.11 Å². The number of carbonyl (C=O) groups excluding carboxylic acids is 1. The molecule has 0 fully saturated rings. The molecule has 92 valence electrons. The summed E-state index contributed by atoms with van der Waals surface area (Å²) in [5.41, 5.74) is 0.651. The molecule has 1 atom stereocenters. The summed E-state index contributed by atoms with van der Waals surface area (Å²) in [7, 11) is 1.80. The molecule has 1 unspecified atom stereocenters. The third-order valence-corrected chi connectivity index (χ3v) is 3.96. The maximum Gasteiger partial charge on any atom is 0.150 e. The van der Waals surface area contributed by atoms with Gasteiger partial charge in [-0.05, 0) is 23.5 Å². The lowest BCUT2D eigenvalue weighted by Crippen LogP contribution is -2.09. The number of carbonyl (C=O) groups is 1. The molecule has 0 aliphatic heterocycles. The first-order chi connectivity index (χ1) is 8.74. The van der Waals surface area contributed by atoms with Crippen LogP contribution in [-0.4, -0.2) is 18.5 Å². The highest BCUT2D eigenvalue weighted by Gasteiger charge is 2.07. The van der Waals surface area contributed by atoms with Gasteiger partial charge in [0, 0.05) is 10.9 Å². The first-order valence-electron chi connectivity index (χ1n) is 5.43. The highest BCUT2D eigenvalue weighted by molar-refractivity contribution is 7.56. The Kier molecular flexibility index (Phi) is 3.96. The molecule has 0 spiro atoms. The second-order valence-corrected chi connectivity index (χ2v) is 5.04. The lowest BCUT2D eigenvalue weighted by molar-refractivity contribution is 0.112. The molecular weight excluding hydrogens is 247 g/mol. The average molecular weight is 260 g/mol. The van der Waals surface area contributed by atoms with E-state index in [2.05, 4.69) is 0 Å². The largest absolute Gasteiger partial charge is 0.507 e. The Balaban J connectivity index is 2.36. The molecule has 4 heteroatoms. The molecule has 3 nitrogen and oxygen atoms in total. The van der Waals surface area contributed by atoms with Crippen molar-refractivity contribution in [1.82, 2.24) is 0 Å². The van der Waals surface area contributed by atoms with Crippen molar-refractivity contribution in [3.63, 3.8) is 0 Å². The molecule has 0 radical (unpaired) electrons. The van der Waals surface area contributed by atoms with Crippen LogP contribution in [0.25, 0.3) is 0 Å². The lowest BCUT2D eigenvalue weighted by atomic mass is 10.2. The molecule has 18 heavy (non-hydrogen) atoms. The zero-order valence-corrected chi connectivity index (χ0v) is 10.9. The van der Waals surface area contributed by atoms with Crippen LogP contribution in [-0.2, 0) is 0 Å². The Bertz CT molecular complexity index is 567. The molecule has 0 aromatic heterocycles. The Labute approximate surface area is 107 Å². The number of rotatable bonds is 4. The monoisotopic (exact) mass is 260 g/mol. The molecule has 1 N–H and O–H groups in total. The van der Waals surface area contributed by atoms with Gasteiger partial charge < -0.3 is 9.84 Å². The van der Waals surface area contributed by atoms with E-state index in [0.717, 1.165) is 16.9 Å². The lowest BCUT2D eigenvalue weighted by Gasteiger charge is -2.08. The molecular formula is C14H13O3P. The molecule has 0 aliphatic rings. The number of ether oxygens (including phenoxy) is 1. The van der Waals surface area contributed by atoms with E-state index < -0.39 is 0 Å². The fourth-order valence-corrected chi connectivity index (χ4v) is 2.78. The standard InChI is InChI=1S/C14H13O3P/c1-17-11-6-7-12(16)14(8-11)18-13-5-3-2-4-10(13)9-15/h2-9,16,18H,1H3. The van der Waals surface area contributed by atoms with Crippen LogP contribution in [0.4, 0.5) is 0 Å². The van der Waals surface area contributed by atoms with E-state index in [0.29, 0.717) is 11.3 Å². The first kappa shape index (κ1) is 12.6. The third-order valence-electron chi connectivity index (χ3n) is 2.56. The molecule has 2 rings (SSSR count). The van der Waals surface area contributed by atoms with Crippen LogP contribution >= 0.6 is 8.58 Å². The molecule has 0 saturated carbocycles. The number of benzene rings is 2. The van der Waals surface area contributed by atoms with Crippen LogP contribution in [0.2, 0.25) is 0 Å². The van der Waals surface area contributed by atoms with Crippen molar-refractivity contribution in [3.05, 3.63) is 48.0 Å². The van der Waals surface area contributed by atoms with Crippen LogP contribution in [0, 0.1) is 0 Å². The van der Waals surface area contributed by atoms with E-state index in [1.165, 1.54) is 0 Å². The number of phenolic OH excluding ortho intramolecular Hbond substituents is 1. The number of aromatic hydroxyl groups is 1. The number of phenols is 1. The molecule has 0 aliphatic carbocycles. The predicted octanol–water partition coefficient (Wildman–Crippen LogP) is 1.84. The van der Waals surface area contributed by atoms with Gasteiger partial charge >= 0.3 is 0 Å². The zero-order chi connectivity index (χ0) is 13.0. The van der Waals surface area contributed by atoms with E-state index in [1.54, 1.807) is 31.4 Å². The predicted molar refractivity (Wildman–Crippen MR) is 74.1 cm³/mol. The van der Waals surface area contributed by atoms with Crippen LogP contribution in [0.5, 0.6) is 11.5 Å². The first-order valence-corrected chi connectivity index (χ1v) is 6.43. The minimum absolute atomic E-state index is 0.217. The summed E-state index contributed by atoms with van der Waals surface area (Å²) in [5, 5.41) is 11.5. The topological polar surface area (TPSA) is 46.5 Å². The molecule has 2 aromatic rings. The summed E-state index contributed by atoms with van der Waals surface area (Å²) in [4.78, 5) is 10.9. The smallest absolute Gasteiger partial charge is 0.150 e. The van der Waals surface area contributed by atoms with E-state index >= 15 is 0 Å². The quantitative estimate of drug-likeness (QED) is 0.674. The van der Waals surface area contributed by atoms with Gasteiger partial charge in [-0.2, -0.15) is 0 Å². The van der Waals surface area contributed by atoms with Crippen LogP contribution in [0.3, 0.4) is 0 Å². The summed E-state index contributed by atoms with van der Waals surface area (Å²) in [6.07, 6.45) is 0.833. The molecule has 0 saturated heterocycles. The van der Waals surface area contributed by atoms with Gasteiger partial charge in [-0.1, -0.05) is 32.8 Å². The van der Waals surface area contributed by atoms with Crippen LogP contribution in [0.1, 0.15) is 10.4 Å². The fourth-order valence-electron chi connectivity index (χ4n) is 1.60. The summed E-state index contributed by atoms with van der Waals surface area (Å²) in [6.45, 7) is 0. The summed E-state index contributed by atoms with van der Waals surface area (Å²) in [5.74, 6) is 0.911. The maximum absolute atomic E-state index is 10.9. The number of hydrogen-bond donors (Lipinski definition) is 1. The molecule has 0 amide bonds. The van der Waals surface area contributed by atoms with Gasteiger partial charge in [-0.3, -0.25) is 4.79 Å². The number of hydrogen-bond acceptors (Lipinski definition) is 3. The maximum atomic E-state index is 10.9. The van der Waals surface area contributed by atoms with Crippen molar-refractivity contribution in [2.75, 3.05) is 7.11 Å². The molecule has 0 bridgehead atoms. The van der Waals surface area contributed by atoms with E-state index in [9.17, 15) is 9.90 Å². The van der Waals surface area contributed by atoms with Gasteiger partial charge in [-0.25, -0.2) is 0 Å². The van der Waals surface area contributed by atoms with Gasteiger partial charge in [0.25, 0.3) is 0 Å². The second-order valence-electron chi connectivity index (χ2n) is 3.71. The Hall–Kier alpha value is -1.86. The third kappa shape index (κ3) is 2.69. The fraction of sp³-hybridized carbons (Fsp3) is 0.0714. The molecule has 0 heterocycles. The highest BCUT2D eigenvalue weighted by Crippen LogP contribution is 2.23. The second kappa shape index (κ2) is 5.65. The van der Waals surface area contributed by atoms with Gasteiger partial charge in [0.2, 0.25) is 0 Å². The van der Waals surface area contributed by atoms with Gasteiger partial charge in [-0.15, -0.1) is 0 Å². The Morgan fingerprint density at radius 1 is 1.17 bits per heavy atom. The van der Waals surface area contributed by atoms with Crippen LogP contribution < -0.4 is 15.3 Å². The summed E-state index contributed by atoms with van der Waals surface area (Å²) >= 11 is 0. The van der Waals surface area contributed by atoms with Crippen LogP contribution in [0.15, 0.2) is 42.5 Å². The summed E-state index contributed by atoms with van der Waals surface area (Å²) in [6, 6.07) is 12.5. The average Bonchev–Trinajstić information content (AvgIpc) is 2.42. The van der Waals surface area contributed by atoms with Crippen molar-refractivity contribution in [2.24, 2.45) is 0 Å². The van der Waals surface area contributed by atoms with Gasteiger partial charge in [0.1, 0.15) is 11.5 Å². The Morgan fingerprint density at radius 2 is 1.94 bits per heavy atom. The zero-order valence-electron chi connectivity index (χ0n) is 9.88. The number of methoxy groups -OCH3 is 1. The SMILES string of the molecule is COc1ccc(O)c(Pc2ccccc2C=O)c1. The van der Waals surface area contributed by atoms with Crippen molar-refractivity contribution in [1.29, 1.82) is 0 Å². The highest BCUT2D eigenvalue weighted by atomic mass is 31.1. The van der Waals surface area contributed by atoms with E-state index in [1.807, 2.05) is 18.2 Å². The van der Waals surface area contributed by atoms with Crippen molar-refractivity contribution < 1.29 is 14.6 Å². The van der Waals surface area contributed by atoms with Crippen molar-refractivity contribution in [2.45, 2.75) is 0 Å². The van der Waals surface area contributed by atoms with Crippen molar-refractivity contribution >= 4 is 25.5 Å². The van der Waals surface area contributed by atoms with E-state index in [4.69, 9.17) is 4.74 Å². The Morgan fingerprint density at radius 3 is 2.67 bits per heavy atom. The summed E-state index contributed by atoms with van der Waals surface area (Å²) < 4.78 is 5.13. The van der Waals surface area contributed by atoms with Gasteiger partial charge in [0.15, 0.2) is 6.29 Å². The van der Waals surface area contributed by atoms with E-state index in [-0.39, 0.29) is 14.3 Å². The minimum atomic E-state index is 0.217. The normalized spacial score (nSPS) is 10.7. The minimum Gasteiger partial charge on any atom is -0.507 e. The molecule has 2 aromatic carbocycles.